The molecule has 264 valence electrons. The fourth-order valence-corrected chi connectivity index (χ4v) is 7.00. The van der Waals surface area contributed by atoms with Gasteiger partial charge in [-0.2, -0.15) is 0 Å². The van der Waals surface area contributed by atoms with Gasteiger partial charge in [-0.3, -0.25) is 0 Å². The molecular formula is C44H39FN6O2. The van der Waals surface area contributed by atoms with Crippen molar-refractivity contribution in [2.24, 2.45) is 0 Å². The van der Waals surface area contributed by atoms with Crippen LogP contribution in [-0.2, 0) is 16.8 Å². The molecule has 9 heteroatoms. The van der Waals surface area contributed by atoms with Crippen LogP contribution in [0.3, 0.4) is 0 Å². The lowest BCUT2D eigenvalue weighted by Gasteiger charge is -2.36. The molecule has 0 saturated carbocycles. The van der Waals surface area contributed by atoms with Gasteiger partial charge in [-0.05, 0) is 63.2 Å². The van der Waals surface area contributed by atoms with E-state index >= 15 is 0 Å². The number of tetrazole rings is 1. The quantitative estimate of drug-likeness (QED) is 0.0876. The molecule has 0 aliphatic heterocycles. The fourth-order valence-electron chi connectivity index (χ4n) is 7.00. The minimum Gasteiger partial charge on any atom is -0.462 e. The third-order valence-electron chi connectivity index (χ3n) is 9.29. The van der Waals surface area contributed by atoms with Gasteiger partial charge in [-0.15, -0.1) is 5.10 Å². The number of hydrogen-bond donors (Lipinski definition) is 0. The first-order valence-electron chi connectivity index (χ1n) is 17.8. The molecule has 53 heavy (non-hydrogen) atoms. The maximum Gasteiger partial charge on any atom is 0.342 e. The smallest absolute Gasteiger partial charge is 0.342 e. The van der Waals surface area contributed by atoms with Crippen molar-refractivity contribution in [1.82, 2.24) is 25.2 Å². The Labute approximate surface area is 308 Å². The number of nitrogens with zero attached hydrogens (tertiary/aromatic N) is 6. The van der Waals surface area contributed by atoms with Gasteiger partial charge in [0.15, 0.2) is 5.82 Å². The summed E-state index contributed by atoms with van der Waals surface area (Å²) in [4.78, 5) is 19.1. The van der Waals surface area contributed by atoms with E-state index in [1.54, 1.807) is 6.92 Å². The Morgan fingerprint density at radius 1 is 0.755 bits per heavy atom. The summed E-state index contributed by atoms with van der Waals surface area (Å²) in [5.74, 6) is -0.174. The highest BCUT2D eigenvalue weighted by Crippen LogP contribution is 2.43. The van der Waals surface area contributed by atoms with Gasteiger partial charge in [0.1, 0.15) is 22.7 Å². The first kappa shape index (κ1) is 34.9. The summed E-state index contributed by atoms with van der Waals surface area (Å²) in [7, 11) is 0. The van der Waals surface area contributed by atoms with Gasteiger partial charge in [-0.1, -0.05) is 146 Å². The topological polar surface area (TPSA) is 86.0 Å². The molecule has 7 aromatic rings. The fraction of sp³-hybridized carbons (Fsp3) is 0.159. The van der Waals surface area contributed by atoms with E-state index in [0.717, 1.165) is 51.6 Å². The first-order chi connectivity index (χ1) is 26.0. The van der Waals surface area contributed by atoms with E-state index in [2.05, 4.69) is 89.9 Å². The van der Waals surface area contributed by atoms with Crippen LogP contribution in [0.5, 0.6) is 0 Å². The zero-order valence-electron chi connectivity index (χ0n) is 29.6. The first-order valence-corrected chi connectivity index (χ1v) is 17.8. The van der Waals surface area contributed by atoms with E-state index in [0.29, 0.717) is 24.7 Å². The number of aromatic nitrogens is 5. The van der Waals surface area contributed by atoms with Crippen LogP contribution in [0.2, 0.25) is 0 Å². The molecule has 7 rings (SSSR count). The van der Waals surface area contributed by atoms with Crippen LogP contribution in [0.15, 0.2) is 152 Å². The molecule has 0 aliphatic carbocycles. The Balaban J connectivity index is 1.30. The lowest BCUT2D eigenvalue weighted by molar-refractivity contribution is 0.0526. The molecule has 0 radical (unpaired) electrons. The van der Waals surface area contributed by atoms with Crippen LogP contribution < -0.4 is 4.90 Å². The lowest BCUT2D eigenvalue weighted by atomic mass is 9.77. The van der Waals surface area contributed by atoms with Crippen molar-refractivity contribution in [3.63, 3.8) is 0 Å². The minimum atomic E-state index is -0.890. The maximum atomic E-state index is 14.2. The number of esters is 1. The average Bonchev–Trinajstić information content (AvgIpc) is 3.70. The average molecular weight is 703 g/mol. The zero-order valence-corrected chi connectivity index (χ0v) is 29.6. The largest absolute Gasteiger partial charge is 0.462 e. The predicted molar refractivity (Wildman–Crippen MR) is 205 cm³/mol. The molecule has 0 spiro atoms. The van der Waals surface area contributed by atoms with Crippen LogP contribution >= 0.6 is 0 Å². The Hall–Kier alpha value is -6.48. The minimum absolute atomic E-state index is 0.112. The normalized spacial score (nSPS) is 11.3. The molecule has 0 N–H and O–H groups in total. The van der Waals surface area contributed by atoms with Crippen molar-refractivity contribution >= 4 is 11.8 Å². The number of hydrogen-bond acceptors (Lipinski definition) is 7. The second-order valence-corrected chi connectivity index (χ2v) is 12.6. The Bertz CT molecular complexity index is 2180. The highest BCUT2D eigenvalue weighted by Gasteiger charge is 2.42. The second-order valence-electron chi connectivity index (χ2n) is 12.6. The number of pyridine rings is 1. The summed E-state index contributed by atoms with van der Waals surface area (Å²) in [5, 5.41) is 13.7. The van der Waals surface area contributed by atoms with Crippen LogP contribution in [0, 0.1) is 5.82 Å². The van der Waals surface area contributed by atoms with E-state index < -0.39 is 17.3 Å². The molecular weight excluding hydrogens is 664 g/mol. The third-order valence-corrected chi connectivity index (χ3v) is 9.29. The molecule has 0 unspecified atom stereocenters. The summed E-state index contributed by atoms with van der Waals surface area (Å²) in [6.07, 6.45) is 1.94. The number of benzene rings is 5. The number of carbonyl (C=O) groups excluding carboxylic acids is 1. The van der Waals surface area contributed by atoms with Crippen molar-refractivity contribution in [3.8, 4) is 22.5 Å². The van der Waals surface area contributed by atoms with Crippen molar-refractivity contribution in [1.29, 1.82) is 0 Å². The van der Waals surface area contributed by atoms with E-state index in [1.807, 2.05) is 76.3 Å². The summed E-state index contributed by atoms with van der Waals surface area (Å²) in [5.41, 5.74) is 6.11. The molecule has 0 saturated heterocycles. The van der Waals surface area contributed by atoms with Crippen molar-refractivity contribution in [2.75, 3.05) is 18.1 Å². The number of halogens is 1. The molecule has 2 aromatic heterocycles. The summed E-state index contributed by atoms with van der Waals surface area (Å²) < 4.78 is 21.4. The molecule has 0 bridgehead atoms. The van der Waals surface area contributed by atoms with Crippen LogP contribution in [-0.4, -0.2) is 44.3 Å². The summed E-state index contributed by atoms with van der Waals surface area (Å²) >= 11 is 0. The van der Waals surface area contributed by atoms with E-state index in [-0.39, 0.29) is 12.2 Å². The van der Waals surface area contributed by atoms with Gasteiger partial charge >= 0.3 is 5.97 Å². The van der Waals surface area contributed by atoms with Crippen LogP contribution in [0.1, 0.15) is 52.9 Å². The Morgan fingerprint density at radius 3 is 1.89 bits per heavy atom. The molecule has 0 aliphatic rings. The highest BCUT2D eigenvalue weighted by molar-refractivity contribution is 5.94. The van der Waals surface area contributed by atoms with Crippen molar-refractivity contribution < 1.29 is 13.9 Å². The number of carbonyl (C=O) groups is 1. The van der Waals surface area contributed by atoms with Crippen molar-refractivity contribution in [3.05, 3.63) is 185 Å². The van der Waals surface area contributed by atoms with Gasteiger partial charge in [0.2, 0.25) is 0 Å². The summed E-state index contributed by atoms with van der Waals surface area (Å²) in [6, 6.07) is 48.6. The van der Waals surface area contributed by atoms with E-state index in [1.165, 1.54) is 6.07 Å². The molecule has 0 fully saturated rings. The standard InChI is InChI=1S/C44H39FN6O2/c1-3-28-50(41-40(43(52)53-4-2)29-37(45)30-46-41)31-32-24-26-33(27-25-32)38-22-14-15-23-39(38)42-47-48-49-51(42)44(34-16-8-5-9-17-34,35-18-10-6-11-19-35)36-20-12-7-13-21-36/h5-27,29-30H,3-4,28,31H2,1-2H3. The summed E-state index contributed by atoms with van der Waals surface area (Å²) in [6.45, 7) is 5.04. The van der Waals surface area contributed by atoms with Gasteiger partial charge in [-0.25, -0.2) is 18.9 Å². The lowest BCUT2D eigenvalue weighted by Crippen LogP contribution is -2.39. The Morgan fingerprint density at radius 2 is 1.32 bits per heavy atom. The number of rotatable bonds is 13. The molecule has 0 atom stereocenters. The number of ether oxygens (including phenoxy) is 1. The maximum absolute atomic E-state index is 14.2. The van der Waals surface area contributed by atoms with E-state index in [4.69, 9.17) is 15.0 Å². The molecule has 2 heterocycles. The van der Waals surface area contributed by atoms with Crippen molar-refractivity contribution in [2.45, 2.75) is 32.4 Å². The zero-order chi connectivity index (χ0) is 36.6. The number of anilines is 1. The van der Waals surface area contributed by atoms with Gasteiger partial charge < -0.3 is 9.64 Å². The van der Waals surface area contributed by atoms with Crippen LogP contribution in [0.25, 0.3) is 22.5 Å². The van der Waals surface area contributed by atoms with Gasteiger partial charge in [0.25, 0.3) is 0 Å². The van der Waals surface area contributed by atoms with E-state index in [9.17, 15) is 9.18 Å². The highest BCUT2D eigenvalue weighted by atomic mass is 19.1. The van der Waals surface area contributed by atoms with Crippen LogP contribution in [0.4, 0.5) is 10.2 Å². The molecule has 5 aromatic carbocycles. The molecule has 8 nitrogen and oxygen atoms in total. The molecule has 0 amide bonds. The van der Waals surface area contributed by atoms with Gasteiger partial charge in [0, 0.05) is 18.7 Å². The third kappa shape index (κ3) is 6.93. The predicted octanol–water partition coefficient (Wildman–Crippen LogP) is 8.97. The SMILES string of the molecule is CCCN(Cc1ccc(-c2ccccc2-c2nnnn2C(c2ccccc2)(c2ccccc2)c2ccccc2)cc1)c1ncc(F)cc1C(=O)OCC. The van der Waals surface area contributed by atoms with Gasteiger partial charge in [0.05, 0.1) is 12.8 Å². The second kappa shape index (κ2) is 15.8. The Kier molecular flexibility index (Phi) is 10.4. The monoisotopic (exact) mass is 702 g/mol.